The van der Waals surface area contributed by atoms with Crippen LogP contribution in [0.15, 0.2) is 28.8 Å². The second kappa shape index (κ2) is 5.52. The van der Waals surface area contributed by atoms with Crippen molar-refractivity contribution in [1.82, 2.24) is 10.6 Å². The van der Waals surface area contributed by atoms with Crippen LogP contribution in [0.5, 0.6) is 0 Å². The molecule has 3 nitrogen and oxygen atoms in total. The molecule has 0 aromatic heterocycles. The fourth-order valence-corrected chi connectivity index (χ4v) is 3.20. The van der Waals surface area contributed by atoms with Crippen LogP contribution in [0.3, 0.4) is 0 Å². The molecule has 1 aliphatic rings. The van der Waals surface area contributed by atoms with Gasteiger partial charge in [0.2, 0.25) is 0 Å². The highest BCUT2D eigenvalue weighted by Gasteiger charge is 2.21. The van der Waals surface area contributed by atoms with Crippen molar-refractivity contribution >= 4 is 40.3 Å². The van der Waals surface area contributed by atoms with Crippen molar-refractivity contribution in [3.05, 3.63) is 43.5 Å². The lowest BCUT2D eigenvalue weighted by atomic mass is 10.1. The molecule has 18 heavy (non-hydrogen) atoms. The molecule has 0 radical (unpaired) electrons. The highest BCUT2D eigenvalue weighted by molar-refractivity contribution is 14.1. The number of benzene rings is 1. The molecular formula is C13H15IN2OS. The van der Waals surface area contributed by atoms with E-state index in [1.54, 1.807) is 11.8 Å². The summed E-state index contributed by atoms with van der Waals surface area (Å²) in [5, 5.41) is 6.24. The molecule has 0 aliphatic carbocycles. The second-order valence-electron chi connectivity index (χ2n) is 4.21. The summed E-state index contributed by atoms with van der Waals surface area (Å²) in [5.41, 5.74) is 2.84. The minimum Gasteiger partial charge on any atom is -0.359 e. The Labute approximate surface area is 125 Å². The molecule has 1 amide bonds. The van der Waals surface area contributed by atoms with Gasteiger partial charge >= 0.3 is 0 Å². The Morgan fingerprint density at radius 1 is 1.39 bits per heavy atom. The number of hydrogen-bond donors (Lipinski definition) is 2. The molecule has 1 aromatic carbocycles. The molecule has 0 bridgehead atoms. The number of thioether (sulfide) groups is 1. The Hall–Kier alpha value is -0.690. The fraction of sp³-hybridized carbons (Fsp3) is 0.308. The van der Waals surface area contributed by atoms with E-state index in [-0.39, 0.29) is 11.4 Å². The standard InChI is InChI=1S/C13H15IN2OS/c1-7-10(5-4-6-11(7)14)12(17)16-13-15-8(2)9(3)18-13/h4-6,13,15H,1-3H3,(H,16,17). The number of allylic oxidation sites excluding steroid dienone is 2. The van der Waals surface area contributed by atoms with Crippen molar-refractivity contribution in [2.45, 2.75) is 26.3 Å². The van der Waals surface area contributed by atoms with Crippen LogP contribution in [0.2, 0.25) is 0 Å². The third-order valence-corrected chi connectivity index (χ3v) is 5.24. The molecular weight excluding hydrogens is 359 g/mol. The quantitative estimate of drug-likeness (QED) is 0.782. The second-order valence-corrected chi connectivity index (χ2v) is 6.69. The molecule has 5 heteroatoms. The van der Waals surface area contributed by atoms with Gasteiger partial charge in [0.15, 0.2) is 5.50 Å². The van der Waals surface area contributed by atoms with Gasteiger partial charge in [-0.1, -0.05) is 17.8 Å². The van der Waals surface area contributed by atoms with Gasteiger partial charge in [-0.05, 0) is 61.1 Å². The number of rotatable bonds is 2. The van der Waals surface area contributed by atoms with Crippen LogP contribution >= 0.6 is 34.4 Å². The van der Waals surface area contributed by atoms with Gasteiger partial charge in [0, 0.05) is 19.7 Å². The lowest BCUT2D eigenvalue weighted by molar-refractivity contribution is 0.0946. The predicted octanol–water partition coefficient (Wildman–Crippen LogP) is 3.20. The number of halogens is 1. The van der Waals surface area contributed by atoms with E-state index in [4.69, 9.17) is 0 Å². The minimum atomic E-state index is -0.0604. The minimum absolute atomic E-state index is 0.0292. The molecule has 2 rings (SSSR count). The van der Waals surface area contributed by atoms with Crippen molar-refractivity contribution < 1.29 is 4.79 Å². The van der Waals surface area contributed by atoms with E-state index < -0.39 is 0 Å². The first-order chi connectivity index (χ1) is 8.49. The largest absolute Gasteiger partial charge is 0.359 e. The van der Waals surface area contributed by atoms with Crippen LogP contribution in [-0.2, 0) is 0 Å². The van der Waals surface area contributed by atoms with Crippen LogP contribution in [0.25, 0.3) is 0 Å². The first kappa shape index (κ1) is 13.7. The van der Waals surface area contributed by atoms with Crippen molar-refractivity contribution in [1.29, 1.82) is 0 Å². The molecule has 1 atom stereocenters. The Morgan fingerprint density at radius 2 is 2.11 bits per heavy atom. The normalized spacial score (nSPS) is 18.8. The van der Waals surface area contributed by atoms with Gasteiger partial charge in [0.1, 0.15) is 0 Å². The first-order valence-electron chi connectivity index (χ1n) is 5.65. The summed E-state index contributed by atoms with van der Waals surface area (Å²) in [5.74, 6) is -0.0292. The van der Waals surface area contributed by atoms with Crippen molar-refractivity contribution in [3.8, 4) is 0 Å². The molecule has 1 aliphatic heterocycles. The van der Waals surface area contributed by atoms with Crippen LogP contribution in [0, 0.1) is 10.5 Å². The summed E-state index contributed by atoms with van der Waals surface area (Å²) < 4.78 is 1.11. The van der Waals surface area contributed by atoms with Gasteiger partial charge in [0.25, 0.3) is 5.91 Å². The maximum absolute atomic E-state index is 12.2. The maximum Gasteiger partial charge on any atom is 0.253 e. The molecule has 2 N–H and O–H groups in total. The van der Waals surface area contributed by atoms with Gasteiger partial charge in [0.05, 0.1) is 0 Å². The summed E-state index contributed by atoms with van der Waals surface area (Å²) in [4.78, 5) is 13.4. The first-order valence-corrected chi connectivity index (χ1v) is 7.61. The zero-order valence-corrected chi connectivity index (χ0v) is 13.5. The lowest BCUT2D eigenvalue weighted by Gasteiger charge is -2.15. The van der Waals surface area contributed by atoms with Crippen LogP contribution in [0.4, 0.5) is 0 Å². The van der Waals surface area contributed by atoms with Crippen LogP contribution in [0.1, 0.15) is 29.8 Å². The van der Waals surface area contributed by atoms with E-state index >= 15 is 0 Å². The number of amides is 1. The van der Waals surface area contributed by atoms with Gasteiger partial charge in [-0.15, -0.1) is 0 Å². The van der Waals surface area contributed by atoms with E-state index in [9.17, 15) is 4.79 Å². The lowest BCUT2D eigenvalue weighted by Crippen LogP contribution is -2.39. The molecule has 1 unspecified atom stereocenters. The fourth-order valence-electron chi connectivity index (χ4n) is 1.71. The number of hydrogen-bond acceptors (Lipinski definition) is 3. The van der Waals surface area contributed by atoms with E-state index in [0.717, 1.165) is 20.4 Å². The molecule has 96 valence electrons. The van der Waals surface area contributed by atoms with Gasteiger partial charge < -0.3 is 10.6 Å². The Balaban J connectivity index is 2.08. The van der Waals surface area contributed by atoms with Crippen LogP contribution < -0.4 is 10.6 Å². The molecule has 0 spiro atoms. The summed E-state index contributed by atoms with van der Waals surface area (Å²) >= 11 is 3.89. The van der Waals surface area contributed by atoms with Gasteiger partial charge in [-0.3, -0.25) is 4.79 Å². The third kappa shape index (κ3) is 2.83. The maximum atomic E-state index is 12.2. The number of nitrogens with one attached hydrogen (secondary N) is 2. The van der Waals surface area contributed by atoms with Crippen molar-refractivity contribution in [2.24, 2.45) is 0 Å². The summed E-state index contributed by atoms with van der Waals surface area (Å²) in [7, 11) is 0. The van der Waals surface area contributed by atoms with Gasteiger partial charge in [-0.25, -0.2) is 0 Å². The van der Waals surface area contributed by atoms with Crippen molar-refractivity contribution in [2.75, 3.05) is 0 Å². The third-order valence-electron chi connectivity index (χ3n) is 2.94. The van der Waals surface area contributed by atoms with Crippen LogP contribution in [-0.4, -0.2) is 11.4 Å². The summed E-state index contributed by atoms with van der Waals surface area (Å²) in [6, 6.07) is 5.78. The van der Waals surface area contributed by atoms with Crippen molar-refractivity contribution in [3.63, 3.8) is 0 Å². The number of carbonyl (C=O) groups is 1. The zero-order chi connectivity index (χ0) is 13.3. The molecule has 1 aromatic rings. The Morgan fingerprint density at radius 3 is 2.72 bits per heavy atom. The van der Waals surface area contributed by atoms with E-state index in [1.165, 1.54) is 4.91 Å². The smallest absolute Gasteiger partial charge is 0.253 e. The number of carbonyl (C=O) groups excluding carboxylic acids is 1. The SMILES string of the molecule is CC1=C(C)SC(NC(=O)c2cccc(I)c2C)N1. The summed E-state index contributed by atoms with van der Waals surface area (Å²) in [6.45, 7) is 6.04. The molecule has 0 fully saturated rings. The predicted molar refractivity (Wildman–Crippen MR) is 84.3 cm³/mol. The van der Waals surface area contributed by atoms with Gasteiger partial charge in [-0.2, -0.15) is 0 Å². The highest BCUT2D eigenvalue weighted by Crippen LogP contribution is 2.28. The topological polar surface area (TPSA) is 41.1 Å². The highest BCUT2D eigenvalue weighted by atomic mass is 127. The average Bonchev–Trinajstić information content (AvgIpc) is 2.61. The Bertz CT molecular complexity index is 514. The van der Waals surface area contributed by atoms with E-state index in [1.807, 2.05) is 32.0 Å². The average molecular weight is 374 g/mol. The Kier molecular flexibility index (Phi) is 4.21. The van der Waals surface area contributed by atoms with E-state index in [2.05, 4.69) is 40.1 Å². The molecule has 0 saturated carbocycles. The zero-order valence-electron chi connectivity index (χ0n) is 10.5. The molecule has 1 heterocycles. The monoisotopic (exact) mass is 374 g/mol. The van der Waals surface area contributed by atoms with E-state index in [0.29, 0.717) is 0 Å². The summed E-state index contributed by atoms with van der Waals surface area (Å²) in [6.07, 6.45) is 0. The molecule has 0 saturated heterocycles.